The average molecular weight is 297 g/mol. The normalized spacial score (nSPS) is 9.40. The molecule has 0 saturated heterocycles. The van der Waals surface area contributed by atoms with Gasteiger partial charge in [0, 0.05) is 17.3 Å². The Kier molecular flexibility index (Phi) is 6.01. The Morgan fingerprint density at radius 2 is 1.65 bits per heavy atom. The third-order valence-corrected chi connectivity index (χ3v) is 2.52. The Morgan fingerprint density at radius 1 is 1.00 bits per heavy atom. The van der Waals surface area contributed by atoms with Gasteiger partial charge < -0.3 is 15.5 Å². The molecule has 0 aliphatic rings. The van der Waals surface area contributed by atoms with Crippen LogP contribution in [0, 0.1) is 0 Å². The van der Waals surface area contributed by atoms with Gasteiger partial charge in [0.15, 0.2) is 0 Å². The second-order valence-corrected chi connectivity index (χ2v) is 3.86. The van der Waals surface area contributed by atoms with Gasteiger partial charge in [-0.1, -0.05) is 18.2 Å². The van der Waals surface area contributed by atoms with Crippen LogP contribution in [-0.2, 0) is 0 Å². The van der Waals surface area contributed by atoms with Gasteiger partial charge in [-0.2, -0.15) is 0 Å². The number of amides is 1. The number of carboxylic acids is 1. The Hall–Kier alpha value is -1.56. The van der Waals surface area contributed by atoms with Crippen molar-refractivity contribution in [3.8, 4) is 5.75 Å². The number of aromatic hydroxyl groups is 1. The third-order valence-electron chi connectivity index (χ3n) is 2.52. The molecule has 0 unspecified atom stereocenters. The Morgan fingerprint density at radius 3 is 2.20 bits per heavy atom. The first kappa shape index (κ1) is 16.5. The van der Waals surface area contributed by atoms with E-state index in [1.165, 1.54) is 18.2 Å². The molecule has 0 aliphatic carbocycles. The van der Waals surface area contributed by atoms with Crippen LogP contribution in [-0.4, -0.2) is 59.8 Å². The van der Waals surface area contributed by atoms with Gasteiger partial charge in [-0.3, -0.25) is 4.79 Å². The first-order valence-corrected chi connectivity index (χ1v) is 5.50. The number of hydrogen-bond donors (Lipinski definition) is 3. The summed E-state index contributed by atoms with van der Waals surface area (Å²) in [5.41, 5.74) is 0.596. The summed E-state index contributed by atoms with van der Waals surface area (Å²) in [4.78, 5) is 22.6. The fraction of sp³-hybridized carbons (Fsp3) is 0. The zero-order valence-corrected chi connectivity index (χ0v) is 12.7. The maximum absolute atomic E-state index is 11.8. The van der Waals surface area contributed by atoms with E-state index in [0.29, 0.717) is 11.3 Å². The summed E-state index contributed by atoms with van der Waals surface area (Å²) >= 11 is 0. The molecular formula is C14H11CaNO4+2. The van der Waals surface area contributed by atoms with Crippen LogP contribution in [0.2, 0.25) is 0 Å². The van der Waals surface area contributed by atoms with E-state index in [2.05, 4.69) is 5.32 Å². The number of phenols is 1. The van der Waals surface area contributed by atoms with E-state index in [4.69, 9.17) is 5.11 Å². The molecule has 0 radical (unpaired) electrons. The van der Waals surface area contributed by atoms with Crippen LogP contribution in [0.1, 0.15) is 20.7 Å². The molecule has 96 valence electrons. The van der Waals surface area contributed by atoms with Gasteiger partial charge in [-0.15, -0.1) is 0 Å². The number of anilines is 1. The predicted molar refractivity (Wildman–Crippen MR) is 75.2 cm³/mol. The molecule has 0 aromatic heterocycles. The maximum atomic E-state index is 11.8. The Bertz CT molecular complexity index is 628. The Balaban J connectivity index is 0.00000200. The van der Waals surface area contributed by atoms with Gasteiger partial charge >= 0.3 is 43.7 Å². The minimum absolute atomic E-state index is 0. The molecule has 5 nitrogen and oxygen atoms in total. The quantitative estimate of drug-likeness (QED) is 0.756. The molecule has 0 aliphatic heterocycles. The molecule has 0 atom stereocenters. The zero-order chi connectivity index (χ0) is 13.8. The number of carbonyl (C=O) groups is 2. The van der Waals surface area contributed by atoms with E-state index in [0.717, 1.165) is 0 Å². The number of hydrogen-bond acceptors (Lipinski definition) is 3. The SMILES string of the molecule is O=C(Nc1ccc(C(=O)O)c(O)c1)c1ccccc1.[Ca+2]. The second-order valence-electron chi connectivity index (χ2n) is 3.86. The molecule has 0 saturated carbocycles. The van der Waals surface area contributed by atoms with Crippen LogP contribution < -0.4 is 5.32 Å². The fourth-order valence-electron chi connectivity index (χ4n) is 1.58. The minimum Gasteiger partial charge on any atom is -0.507 e. The van der Waals surface area contributed by atoms with Gasteiger partial charge in [0.25, 0.3) is 5.91 Å². The van der Waals surface area contributed by atoms with E-state index in [-0.39, 0.29) is 49.2 Å². The summed E-state index contributed by atoms with van der Waals surface area (Å²) in [6, 6.07) is 12.4. The van der Waals surface area contributed by atoms with Crippen LogP contribution in [0.15, 0.2) is 48.5 Å². The van der Waals surface area contributed by atoms with Crippen molar-refractivity contribution in [1.82, 2.24) is 0 Å². The molecule has 3 N–H and O–H groups in total. The number of nitrogens with one attached hydrogen (secondary N) is 1. The minimum atomic E-state index is -1.22. The van der Waals surface area contributed by atoms with Crippen molar-refractivity contribution >= 4 is 55.3 Å². The molecule has 0 spiro atoms. The number of benzene rings is 2. The van der Waals surface area contributed by atoms with Crippen molar-refractivity contribution in [3.05, 3.63) is 59.7 Å². The van der Waals surface area contributed by atoms with Gasteiger partial charge in [-0.25, -0.2) is 4.79 Å². The molecule has 0 fully saturated rings. The molecule has 1 amide bonds. The second kappa shape index (κ2) is 7.28. The third kappa shape index (κ3) is 3.96. The smallest absolute Gasteiger partial charge is 0.507 e. The van der Waals surface area contributed by atoms with Gasteiger partial charge in [-0.05, 0) is 24.3 Å². The molecule has 0 bridgehead atoms. The maximum Gasteiger partial charge on any atom is 2.00 e. The van der Waals surface area contributed by atoms with E-state index >= 15 is 0 Å². The molecule has 2 aromatic carbocycles. The summed E-state index contributed by atoms with van der Waals surface area (Å²) in [5.74, 6) is -1.94. The van der Waals surface area contributed by atoms with Gasteiger partial charge in [0.05, 0.1) is 0 Å². The van der Waals surface area contributed by atoms with Crippen molar-refractivity contribution in [3.63, 3.8) is 0 Å². The summed E-state index contributed by atoms with van der Waals surface area (Å²) in [6.07, 6.45) is 0. The topological polar surface area (TPSA) is 86.6 Å². The van der Waals surface area contributed by atoms with Crippen LogP contribution in [0.25, 0.3) is 0 Å². The van der Waals surface area contributed by atoms with Crippen molar-refractivity contribution in [2.24, 2.45) is 0 Å². The number of carboxylic acid groups (broad SMARTS) is 1. The zero-order valence-electron chi connectivity index (χ0n) is 10.5. The van der Waals surface area contributed by atoms with Crippen molar-refractivity contribution in [2.75, 3.05) is 5.32 Å². The molecular weight excluding hydrogens is 286 g/mol. The van der Waals surface area contributed by atoms with E-state index < -0.39 is 11.7 Å². The van der Waals surface area contributed by atoms with Crippen LogP contribution in [0.5, 0.6) is 5.75 Å². The first-order valence-electron chi connectivity index (χ1n) is 5.50. The monoisotopic (exact) mass is 297 g/mol. The summed E-state index contributed by atoms with van der Waals surface area (Å²) < 4.78 is 0. The van der Waals surface area contributed by atoms with E-state index in [9.17, 15) is 14.7 Å². The average Bonchev–Trinajstić information content (AvgIpc) is 2.39. The summed E-state index contributed by atoms with van der Waals surface area (Å²) in [6.45, 7) is 0. The largest absolute Gasteiger partial charge is 2.00 e. The first-order chi connectivity index (χ1) is 9.08. The van der Waals surface area contributed by atoms with E-state index in [1.54, 1.807) is 30.3 Å². The van der Waals surface area contributed by atoms with Gasteiger partial charge in [0.1, 0.15) is 11.3 Å². The van der Waals surface area contributed by atoms with Crippen molar-refractivity contribution in [1.29, 1.82) is 0 Å². The molecule has 20 heavy (non-hydrogen) atoms. The molecule has 0 heterocycles. The van der Waals surface area contributed by atoms with E-state index in [1.807, 2.05) is 0 Å². The molecule has 6 heteroatoms. The summed E-state index contributed by atoms with van der Waals surface area (Å²) in [5, 5.41) is 20.9. The van der Waals surface area contributed by atoms with Crippen LogP contribution in [0.3, 0.4) is 0 Å². The van der Waals surface area contributed by atoms with Gasteiger partial charge in [0.2, 0.25) is 0 Å². The number of rotatable bonds is 3. The summed E-state index contributed by atoms with van der Waals surface area (Å²) in [7, 11) is 0. The van der Waals surface area contributed by atoms with Crippen LogP contribution >= 0.6 is 0 Å². The molecule has 2 rings (SSSR count). The van der Waals surface area contributed by atoms with Crippen molar-refractivity contribution < 1.29 is 19.8 Å². The predicted octanol–water partition coefficient (Wildman–Crippen LogP) is 1.96. The van der Waals surface area contributed by atoms with Crippen LogP contribution in [0.4, 0.5) is 5.69 Å². The standard InChI is InChI=1S/C14H11NO4.Ca/c16-12-8-10(6-7-11(12)14(18)19)15-13(17)9-4-2-1-3-5-9;/h1-8,16H,(H,15,17)(H,18,19);/q;+2. The van der Waals surface area contributed by atoms with Crippen molar-refractivity contribution in [2.45, 2.75) is 0 Å². The molecule has 2 aromatic rings. The number of aromatic carboxylic acids is 1. The number of carbonyl (C=O) groups excluding carboxylic acids is 1. The Labute approximate surface area is 145 Å². The fourth-order valence-corrected chi connectivity index (χ4v) is 1.58.